The van der Waals surface area contributed by atoms with Crippen molar-refractivity contribution in [1.29, 1.82) is 0 Å². The molecule has 0 aromatic carbocycles. The summed E-state index contributed by atoms with van der Waals surface area (Å²) in [5, 5.41) is 3.45. The van der Waals surface area contributed by atoms with E-state index in [9.17, 15) is 0 Å². The van der Waals surface area contributed by atoms with Crippen molar-refractivity contribution in [3.63, 3.8) is 0 Å². The molecule has 0 bridgehead atoms. The van der Waals surface area contributed by atoms with Gasteiger partial charge in [0.2, 0.25) is 0 Å². The average Bonchev–Trinajstić information content (AvgIpc) is 2.56. The molecule has 1 heterocycles. The molecular weight excluding hydrogens is 172 g/mol. The van der Waals surface area contributed by atoms with E-state index in [1.807, 2.05) is 0 Å². The molecule has 0 unspecified atom stereocenters. The molecule has 0 aliphatic rings. The predicted molar refractivity (Wildman–Crippen MR) is 61.5 cm³/mol. The summed E-state index contributed by atoms with van der Waals surface area (Å²) in [7, 11) is 0. The summed E-state index contributed by atoms with van der Waals surface area (Å²) < 4.78 is 2.40. The molecule has 0 aliphatic heterocycles. The molecule has 0 saturated heterocycles. The number of hydrogen-bond donors (Lipinski definition) is 1. The van der Waals surface area contributed by atoms with Gasteiger partial charge < -0.3 is 9.88 Å². The molecule has 80 valence electrons. The number of nitrogens with one attached hydrogen (secondary N) is 1. The zero-order valence-electron chi connectivity index (χ0n) is 9.80. The van der Waals surface area contributed by atoms with Crippen LogP contribution in [-0.2, 0) is 19.5 Å². The summed E-state index contributed by atoms with van der Waals surface area (Å²) in [5.41, 5.74) is 2.84. The first-order chi connectivity index (χ1) is 6.69. The lowest BCUT2D eigenvalue weighted by Crippen LogP contribution is -2.23. The van der Waals surface area contributed by atoms with Gasteiger partial charge >= 0.3 is 0 Å². The first-order valence-electron chi connectivity index (χ1n) is 5.59. The highest BCUT2D eigenvalue weighted by molar-refractivity contribution is 5.16. The Hall–Kier alpha value is -0.760. The third-order valence-electron chi connectivity index (χ3n) is 2.53. The van der Waals surface area contributed by atoms with Gasteiger partial charge in [0.1, 0.15) is 0 Å². The molecule has 2 nitrogen and oxygen atoms in total. The minimum Gasteiger partial charge on any atom is -0.348 e. The fourth-order valence-corrected chi connectivity index (χ4v) is 1.73. The number of aromatic nitrogens is 1. The largest absolute Gasteiger partial charge is 0.348 e. The monoisotopic (exact) mass is 194 g/mol. The first-order valence-corrected chi connectivity index (χ1v) is 5.59. The molecular formula is C12H22N2. The van der Waals surface area contributed by atoms with Crippen molar-refractivity contribution >= 4 is 0 Å². The van der Waals surface area contributed by atoms with Crippen LogP contribution in [0.15, 0.2) is 12.1 Å². The van der Waals surface area contributed by atoms with Gasteiger partial charge in [-0.25, -0.2) is 0 Å². The lowest BCUT2D eigenvalue weighted by molar-refractivity contribution is 0.556. The fourth-order valence-electron chi connectivity index (χ4n) is 1.73. The van der Waals surface area contributed by atoms with Crippen molar-refractivity contribution in [2.75, 3.05) is 0 Å². The summed E-state index contributed by atoms with van der Waals surface area (Å²) >= 11 is 0. The highest BCUT2D eigenvalue weighted by atomic mass is 15.0. The fraction of sp³-hybridized carbons (Fsp3) is 0.667. The van der Waals surface area contributed by atoms with Gasteiger partial charge in [-0.15, -0.1) is 0 Å². The van der Waals surface area contributed by atoms with Crippen molar-refractivity contribution in [3.8, 4) is 0 Å². The SMILES string of the molecule is CCc1ccc(CNC(C)C)n1CC. The Balaban J connectivity index is 2.71. The van der Waals surface area contributed by atoms with Crippen molar-refractivity contribution in [3.05, 3.63) is 23.5 Å². The second-order valence-corrected chi connectivity index (χ2v) is 3.95. The normalized spacial score (nSPS) is 11.2. The molecule has 0 fully saturated rings. The minimum atomic E-state index is 0.556. The Bertz CT molecular complexity index is 274. The third-order valence-corrected chi connectivity index (χ3v) is 2.53. The molecule has 0 atom stereocenters. The molecule has 14 heavy (non-hydrogen) atoms. The van der Waals surface area contributed by atoms with Gasteiger partial charge in [-0.3, -0.25) is 0 Å². The van der Waals surface area contributed by atoms with E-state index < -0.39 is 0 Å². The lowest BCUT2D eigenvalue weighted by Gasteiger charge is -2.12. The minimum absolute atomic E-state index is 0.556. The van der Waals surface area contributed by atoms with E-state index in [1.165, 1.54) is 11.4 Å². The van der Waals surface area contributed by atoms with Crippen molar-refractivity contribution < 1.29 is 0 Å². The summed E-state index contributed by atoms with van der Waals surface area (Å²) in [5.74, 6) is 0. The van der Waals surface area contributed by atoms with Crippen molar-refractivity contribution in [1.82, 2.24) is 9.88 Å². The summed E-state index contributed by atoms with van der Waals surface area (Å²) in [6.45, 7) is 10.8. The van der Waals surface area contributed by atoms with Crippen LogP contribution in [0.1, 0.15) is 39.1 Å². The zero-order chi connectivity index (χ0) is 10.6. The van der Waals surface area contributed by atoms with Crippen LogP contribution in [0.4, 0.5) is 0 Å². The summed E-state index contributed by atoms with van der Waals surface area (Å²) in [6, 6.07) is 5.03. The highest BCUT2D eigenvalue weighted by Gasteiger charge is 2.04. The van der Waals surface area contributed by atoms with Gasteiger partial charge in [-0.1, -0.05) is 20.8 Å². The van der Waals surface area contributed by atoms with E-state index in [0.717, 1.165) is 19.5 Å². The third kappa shape index (κ3) is 2.61. The maximum atomic E-state index is 3.45. The Morgan fingerprint density at radius 3 is 2.36 bits per heavy atom. The van der Waals surface area contributed by atoms with Crippen LogP contribution in [-0.4, -0.2) is 10.6 Å². The van der Waals surface area contributed by atoms with Gasteiger partial charge in [0.15, 0.2) is 0 Å². The number of nitrogens with zero attached hydrogens (tertiary/aromatic N) is 1. The molecule has 2 heteroatoms. The highest BCUT2D eigenvalue weighted by Crippen LogP contribution is 2.10. The summed E-state index contributed by atoms with van der Waals surface area (Å²) in [4.78, 5) is 0. The van der Waals surface area contributed by atoms with Crippen LogP contribution < -0.4 is 5.32 Å². The van der Waals surface area contributed by atoms with Gasteiger partial charge in [0.05, 0.1) is 0 Å². The molecule has 0 saturated carbocycles. The van der Waals surface area contributed by atoms with E-state index >= 15 is 0 Å². The van der Waals surface area contributed by atoms with Gasteiger partial charge in [-0.05, 0) is 25.5 Å². The maximum Gasteiger partial charge on any atom is 0.0361 e. The zero-order valence-corrected chi connectivity index (χ0v) is 9.80. The van der Waals surface area contributed by atoms with E-state index in [-0.39, 0.29) is 0 Å². The van der Waals surface area contributed by atoms with Gasteiger partial charge in [0.25, 0.3) is 0 Å². The van der Waals surface area contributed by atoms with E-state index in [2.05, 4.69) is 49.7 Å². The van der Waals surface area contributed by atoms with E-state index in [4.69, 9.17) is 0 Å². The number of aryl methyl sites for hydroxylation is 1. The number of rotatable bonds is 5. The van der Waals surface area contributed by atoms with Crippen LogP contribution in [0.5, 0.6) is 0 Å². The predicted octanol–water partition coefficient (Wildman–Crippen LogP) is 2.57. The van der Waals surface area contributed by atoms with Crippen LogP contribution in [0.2, 0.25) is 0 Å². The Kier molecular flexibility index (Phi) is 4.21. The second kappa shape index (κ2) is 5.20. The van der Waals surface area contributed by atoms with Crippen LogP contribution in [0.25, 0.3) is 0 Å². The van der Waals surface area contributed by atoms with Crippen LogP contribution >= 0.6 is 0 Å². The standard InChI is InChI=1S/C12H22N2/c1-5-11-7-8-12(14(11)6-2)9-13-10(3)4/h7-8,10,13H,5-6,9H2,1-4H3. The summed E-state index contributed by atoms with van der Waals surface area (Å²) in [6.07, 6.45) is 1.12. The molecule has 1 aromatic rings. The molecule has 1 rings (SSSR count). The van der Waals surface area contributed by atoms with Gasteiger partial charge in [0, 0.05) is 30.5 Å². The molecule has 1 aromatic heterocycles. The average molecular weight is 194 g/mol. The molecule has 0 aliphatic carbocycles. The smallest absolute Gasteiger partial charge is 0.0361 e. The van der Waals surface area contributed by atoms with E-state index in [0.29, 0.717) is 6.04 Å². The van der Waals surface area contributed by atoms with Crippen molar-refractivity contribution in [2.45, 2.75) is 53.2 Å². The topological polar surface area (TPSA) is 17.0 Å². The van der Waals surface area contributed by atoms with Crippen molar-refractivity contribution in [2.24, 2.45) is 0 Å². The second-order valence-electron chi connectivity index (χ2n) is 3.95. The Morgan fingerprint density at radius 1 is 1.21 bits per heavy atom. The quantitative estimate of drug-likeness (QED) is 0.762. The van der Waals surface area contributed by atoms with Crippen LogP contribution in [0, 0.1) is 0 Å². The molecule has 0 spiro atoms. The Morgan fingerprint density at radius 2 is 1.86 bits per heavy atom. The molecule has 0 radical (unpaired) electrons. The number of hydrogen-bond acceptors (Lipinski definition) is 1. The molecule has 0 amide bonds. The van der Waals surface area contributed by atoms with E-state index in [1.54, 1.807) is 0 Å². The Labute approximate surface area is 87.3 Å². The van der Waals surface area contributed by atoms with Crippen LogP contribution in [0.3, 0.4) is 0 Å². The lowest BCUT2D eigenvalue weighted by atomic mass is 10.3. The van der Waals surface area contributed by atoms with Gasteiger partial charge in [-0.2, -0.15) is 0 Å². The maximum absolute atomic E-state index is 3.45. The first kappa shape index (κ1) is 11.3. The molecule has 1 N–H and O–H groups in total.